The van der Waals surface area contributed by atoms with Crippen molar-refractivity contribution in [2.75, 3.05) is 18.6 Å². The van der Waals surface area contributed by atoms with Crippen LogP contribution in [0.25, 0.3) is 17.1 Å². The summed E-state index contributed by atoms with van der Waals surface area (Å²) in [5.41, 5.74) is 1.49. The molecule has 9 heteroatoms. The molecule has 0 radical (unpaired) electrons. The minimum atomic E-state index is -3.09. The van der Waals surface area contributed by atoms with Gasteiger partial charge in [0.15, 0.2) is 21.3 Å². The van der Waals surface area contributed by atoms with Gasteiger partial charge < -0.3 is 9.32 Å². The number of hydrogen-bond acceptors (Lipinski definition) is 5. The third-order valence-electron chi connectivity index (χ3n) is 4.83. The third kappa shape index (κ3) is 3.57. The fraction of sp³-hybridized carbons (Fsp3) is 0.263. The topological polar surface area (TPSA) is 85.4 Å². The number of amides is 1. The Labute approximate surface area is 167 Å². The summed E-state index contributed by atoms with van der Waals surface area (Å²) in [5, 5.41) is 5.00. The van der Waals surface area contributed by atoms with Gasteiger partial charge in [-0.05, 0) is 36.8 Å². The fourth-order valence-electron chi connectivity index (χ4n) is 3.32. The molecule has 28 heavy (non-hydrogen) atoms. The van der Waals surface area contributed by atoms with E-state index in [1.54, 1.807) is 54.4 Å². The van der Waals surface area contributed by atoms with Gasteiger partial charge in [-0.25, -0.2) is 13.1 Å². The van der Waals surface area contributed by atoms with Crippen LogP contribution in [0.15, 0.2) is 53.1 Å². The second-order valence-electron chi connectivity index (χ2n) is 6.76. The number of carbonyl (C=O) groups is 1. The van der Waals surface area contributed by atoms with Crippen molar-refractivity contribution in [3.63, 3.8) is 0 Å². The largest absolute Gasteiger partial charge is 0.463 e. The number of furan rings is 1. The Balaban J connectivity index is 1.72. The van der Waals surface area contributed by atoms with E-state index < -0.39 is 9.84 Å². The van der Waals surface area contributed by atoms with Gasteiger partial charge in [-0.15, -0.1) is 0 Å². The van der Waals surface area contributed by atoms with E-state index in [2.05, 4.69) is 5.10 Å². The summed E-state index contributed by atoms with van der Waals surface area (Å²) in [6.07, 6.45) is 1.98. The summed E-state index contributed by atoms with van der Waals surface area (Å²) in [6.45, 7) is 0. The van der Waals surface area contributed by atoms with E-state index in [4.69, 9.17) is 16.0 Å². The molecule has 3 heterocycles. The van der Waals surface area contributed by atoms with Crippen LogP contribution < -0.4 is 0 Å². The van der Waals surface area contributed by atoms with Crippen LogP contribution in [0.1, 0.15) is 16.9 Å². The Kier molecular flexibility index (Phi) is 4.76. The maximum Gasteiger partial charge on any atom is 0.274 e. The fourth-order valence-corrected chi connectivity index (χ4v) is 5.28. The van der Waals surface area contributed by atoms with Crippen LogP contribution >= 0.6 is 11.6 Å². The summed E-state index contributed by atoms with van der Waals surface area (Å²) in [5.74, 6) is 0.299. The Morgan fingerprint density at radius 2 is 2.11 bits per heavy atom. The van der Waals surface area contributed by atoms with E-state index in [0.717, 1.165) is 0 Å². The lowest BCUT2D eigenvalue weighted by atomic mass is 10.2. The molecule has 1 amide bonds. The number of sulfone groups is 1. The van der Waals surface area contributed by atoms with Crippen molar-refractivity contribution in [2.24, 2.45) is 0 Å². The number of aromatic nitrogens is 2. The van der Waals surface area contributed by atoms with Gasteiger partial charge in [0.1, 0.15) is 5.69 Å². The summed E-state index contributed by atoms with van der Waals surface area (Å²) in [4.78, 5) is 14.4. The van der Waals surface area contributed by atoms with Crippen molar-refractivity contribution in [3.8, 4) is 17.1 Å². The number of rotatable bonds is 4. The van der Waals surface area contributed by atoms with Crippen LogP contribution in [0.2, 0.25) is 5.02 Å². The molecule has 1 aliphatic rings. The second kappa shape index (κ2) is 7.10. The molecule has 1 saturated heterocycles. The SMILES string of the molecule is CN(C(=O)c1cc(-c2ccco2)n(-c2cccc(Cl)c2)n1)[C@@H]1CCS(=O)(=O)C1. The monoisotopic (exact) mass is 419 g/mol. The minimum absolute atomic E-state index is 0.0186. The predicted molar refractivity (Wildman–Crippen MR) is 105 cm³/mol. The Morgan fingerprint density at radius 1 is 1.29 bits per heavy atom. The van der Waals surface area contributed by atoms with Gasteiger partial charge in [0.2, 0.25) is 0 Å². The quantitative estimate of drug-likeness (QED) is 0.648. The van der Waals surface area contributed by atoms with Gasteiger partial charge in [-0.1, -0.05) is 17.7 Å². The highest BCUT2D eigenvalue weighted by Gasteiger charge is 2.34. The molecule has 7 nitrogen and oxygen atoms in total. The van der Waals surface area contributed by atoms with Gasteiger partial charge >= 0.3 is 0 Å². The number of halogens is 1. The highest BCUT2D eigenvalue weighted by atomic mass is 35.5. The van der Waals surface area contributed by atoms with Crippen LogP contribution in [-0.2, 0) is 9.84 Å². The van der Waals surface area contributed by atoms with Crippen LogP contribution in [0.5, 0.6) is 0 Å². The van der Waals surface area contributed by atoms with Crippen molar-refractivity contribution < 1.29 is 17.6 Å². The summed E-state index contributed by atoms with van der Waals surface area (Å²) in [7, 11) is -1.48. The molecule has 1 atom stereocenters. The van der Waals surface area contributed by atoms with Crippen LogP contribution in [0.4, 0.5) is 0 Å². The molecule has 1 aromatic carbocycles. The average molecular weight is 420 g/mol. The van der Waals surface area contributed by atoms with Crippen LogP contribution in [-0.4, -0.2) is 53.6 Å². The zero-order valence-electron chi connectivity index (χ0n) is 15.1. The van der Waals surface area contributed by atoms with E-state index >= 15 is 0 Å². The van der Waals surface area contributed by atoms with Crippen molar-refractivity contribution in [1.29, 1.82) is 0 Å². The number of benzene rings is 1. The highest BCUT2D eigenvalue weighted by molar-refractivity contribution is 7.91. The highest BCUT2D eigenvalue weighted by Crippen LogP contribution is 2.27. The lowest BCUT2D eigenvalue weighted by molar-refractivity contribution is 0.0741. The Morgan fingerprint density at radius 3 is 2.75 bits per heavy atom. The van der Waals surface area contributed by atoms with Gasteiger partial charge in [-0.2, -0.15) is 5.10 Å². The first-order valence-electron chi connectivity index (χ1n) is 8.71. The van der Waals surface area contributed by atoms with E-state index in [0.29, 0.717) is 28.6 Å². The predicted octanol–water partition coefficient (Wildman–Crippen LogP) is 3.04. The number of carbonyl (C=O) groups excluding carboxylic acids is 1. The molecule has 1 fully saturated rings. The Hall–Kier alpha value is -2.58. The molecule has 0 saturated carbocycles. The molecule has 2 aromatic heterocycles. The number of nitrogens with zero attached hydrogens (tertiary/aromatic N) is 3. The first-order chi connectivity index (χ1) is 13.3. The van der Waals surface area contributed by atoms with Crippen molar-refractivity contribution in [1.82, 2.24) is 14.7 Å². The molecular weight excluding hydrogens is 402 g/mol. The lowest BCUT2D eigenvalue weighted by Crippen LogP contribution is -2.38. The Bertz CT molecular complexity index is 1120. The molecule has 146 valence electrons. The summed E-state index contributed by atoms with van der Waals surface area (Å²) < 4.78 is 30.6. The van der Waals surface area contributed by atoms with Crippen molar-refractivity contribution in [2.45, 2.75) is 12.5 Å². The zero-order valence-corrected chi connectivity index (χ0v) is 16.7. The molecule has 1 aliphatic heterocycles. The molecule has 0 bridgehead atoms. The van der Waals surface area contributed by atoms with Crippen LogP contribution in [0, 0.1) is 0 Å². The zero-order chi connectivity index (χ0) is 19.9. The normalized spacial score (nSPS) is 18.3. The molecular formula is C19H18ClN3O4S. The van der Waals surface area contributed by atoms with Crippen molar-refractivity contribution >= 4 is 27.3 Å². The molecule has 0 aliphatic carbocycles. The molecule has 0 N–H and O–H groups in total. The van der Waals surface area contributed by atoms with Crippen molar-refractivity contribution in [3.05, 3.63) is 59.4 Å². The maximum absolute atomic E-state index is 13.0. The smallest absolute Gasteiger partial charge is 0.274 e. The second-order valence-corrected chi connectivity index (χ2v) is 9.42. The summed E-state index contributed by atoms with van der Waals surface area (Å²) >= 11 is 6.11. The van der Waals surface area contributed by atoms with Gasteiger partial charge in [0.05, 0.1) is 23.5 Å². The van der Waals surface area contributed by atoms with E-state index in [1.165, 1.54) is 4.90 Å². The molecule has 4 rings (SSSR count). The first-order valence-corrected chi connectivity index (χ1v) is 10.9. The molecule has 0 spiro atoms. The number of hydrogen-bond donors (Lipinski definition) is 0. The van der Waals surface area contributed by atoms with Gasteiger partial charge in [-0.3, -0.25) is 4.79 Å². The maximum atomic E-state index is 13.0. The third-order valence-corrected chi connectivity index (χ3v) is 6.82. The standard InChI is InChI=1S/C19H18ClN3O4S/c1-22(15-7-9-28(25,26)12-15)19(24)16-11-17(18-6-3-8-27-18)23(21-16)14-5-2-4-13(20)10-14/h2-6,8,10-11,15H,7,9,12H2,1H3/t15-/m1/s1. The van der Waals surface area contributed by atoms with E-state index in [-0.39, 0.29) is 29.1 Å². The van der Waals surface area contributed by atoms with Gasteiger partial charge in [0.25, 0.3) is 5.91 Å². The first kappa shape index (κ1) is 18.8. The van der Waals surface area contributed by atoms with E-state index in [9.17, 15) is 13.2 Å². The summed E-state index contributed by atoms with van der Waals surface area (Å²) in [6, 6.07) is 11.9. The minimum Gasteiger partial charge on any atom is -0.463 e. The average Bonchev–Trinajstić information content (AvgIpc) is 3.39. The molecule has 0 unspecified atom stereocenters. The van der Waals surface area contributed by atoms with E-state index in [1.807, 2.05) is 6.07 Å². The lowest BCUT2D eigenvalue weighted by Gasteiger charge is -2.22. The van der Waals surface area contributed by atoms with Crippen LogP contribution in [0.3, 0.4) is 0 Å². The van der Waals surface area contributed by atoms with Gasteiger partial charge in [0, 0.05) is 24.2 Å². The molecule has 3 aromatic rings.